The Hall–Kier alpha value is -0.730. The Morgan fingerprint density at radius 3 is 1.71 bits per heavy atom. The number of rotatable bonds is 7. The maximum Gasteiger partial charge on any atom is 0.319 e. The van der Waals surface area contributed by atoms with Crippen molar-refractivity contribution in [2.45, 2.75) is 20.8 Å². The minimum absolute atomic E-state index is 0.187. The fraction of sp³-hybridized carbons (Fsp3) is 0.750. The van der Waals surface area contributed by atoms with E-state index in [1.54, 1.807) is 6.92 Å². The van der Waals surface area contributed by atoms with E-state index in [4.69, 9.17) is 0 Å². The van der Waals surface area contributed by atoms with Crippen LogP contribution >= 0.6 is 0 Å². The van der Waals surface area contributed by atoms with Gasteiger partial charge in [0.1, 0.15) is 0 Å². The molecule has 0 rings (SSSR count). The fourth-order valence-corrected chi connectivity index (χ4v) is 3.27. The lowest BCUT2D eigenvalue weighted by molar-refractivity contribution is 0.335. The molecule has 0 aromatic carbocycles. The molecule has 7 nitrogen and oxygen atoms in total. The van der Waals surface area contributed by atoms with E-state index in [9.17, 15) is 16.8 Å². The van der Waals surface area contributed by atoms with E-state index >= 15 is 0 Å². The fourth-order valence-electron chi connectivity index (χ4n) is 0.798. The highest BCUT2D eigenvalue weighted by molar-refractivity contribution is 8.10. The molecule has 0 heterocycles. The smallest absolute Gasteiger partial charge is 0.266 e. The third kappa shape index (κ3) is 4.97. The van der Waals surface area contributed by atoms with Crippen molar-refractivity contribution in [2.75, 3.05) is 19.8 Å². The van der Waals surface area contributed by atoms with Gasteiger partial charge in [-0.2, -0.15) is 16.8 Å². The number of hydrogen-bond donors (Lipinski definition) is 0. The van der Waals surface area contributed by atoms with Gasteiger partial charge in [-0.15, -0.1) is 0 Å². The zero-order valence-corrected chi connectivity index (χ0v) is 11.5. The van der Waals surface area contributed by atoms with Crippen LogP contribution in [0.2, 0.25) is 0 Å². The molecule has 0 aromatic heterocycles. The van der Waals surface area contributed by atoms with Gasteiger partial charge in [0, 0.05) is 12.4 Å². The second-order valence-electron chi connectivity index (χ2n) is 2.59. The van der Waals surface area contributed by atoms with Crippen LogP contribution in [0.1, 0.15) is 20.8 Å². The van der Waals surface area contributed by atoms with Gasteiger partial charge in [0.2, 0.25) is 0 Å². The summed E-state index contributed by atoms with van der Waals surface area (Å²) in [6, 6.07) is 0. The van der Waals surface area contributed by atoms with Crippen LogP contribution in [-0.4, -0.2) is 42.5 Å². The molecule has 100 valence electrons. The van der Waals surface area contributed by atoms with Crippen molar-refractivity contribution in [1.29, 1.82) is 0 Å². The molecule has 0 N–H and O–H groups in total. The third-order valence-corrected chi connectivity index (χ3v) is 4.74. The van der Waals surface area contributed by atoms with Gasteiger partial charge in [-0.05, 0) is 20.8 Å². The van der Waals surface area contributed by atoms with Crippen LogP contribution < -0.4 is 0 Å². The van der Waals surface area contributed by atoms with Crippen LogP contribution in [0.4, 0.5) is 0 Å². The zero-order valence-electron chi connectivity index (χ0n) is 9.83. The highest BCUT2D eigenvalue weighted by Crippen LogP contribution is 2.15. The summed E-state index contributed by atoms with van der Waals surface area (Å²) < 4.78 is 53.7. The van der Waals surface area contributed by atoms with Gasteiger partial charge in [-0.3, -0.25) is 8.37 Å². The average molecular weight is 285 g/mol. The molecule has 0 amide bonds. The lowest BCUT2D eigenvalue weighted by Crippen LogP contribution is -2.19. The Kier molecular flexibility index (Phi) is 6.58. The molecular weight excluding hydrogens is 270 g/mol. The van der Waals surface area contributed by atoms with E-state index in [1.807, 2.05) is 5.87 Å². The lowest BCUT2D eigenvalue weighted by atomic mass is 10.8. The quantitative estimate of drug-likeness (QED) is 0.491. The molecule has 17 heavy (non-hydrogen) atoms. The molecule has 0 saturated carbocycles. The van der Waals surface area contributed by atoms with Crippen molar-refractivity contribution in [3.8, 4) is 0 Å². The topological polar surface area (TPSA) is 99.1 Å². The molecule has 0 unspecified atom stereocenters. The highest BCUT2D eigenvalue weighted by Gasteiger charge is 2.33. The summed E-state index contributed by atoms with van der Waals surface area (Å²) in [4.78, 5) is 3.46. The van der Waals surface area contributed by atoms with E-state index in [0.29, 0.717) is 0 Å². The monoisotopic (exact) mass is 285 g/mol. The van der Waals surface area contributed by atoms with Crippen LogP contribution in [0.3, 0.4) is 0 Å². The normalized spacial score (nSPS) is 11.9. The van der Waals surface area contributed by atoms with Gasteiger partial charge in [-0.25, -0.2) is 4.99 Å². The first kappa shape index (κ1) is 16.3. The molecular formula is C8H15NO6S2. The maximum absolute atomic E-state index is 11.5. The number of nitrogens with zero attached hydrogens (tertiary/aromatic N) is 1. The van der Waals surface area contributed by atoms with E-state index < -0.39 is 24.5 Å². The highest BCUT2D eigenvalue weighted by atomic mass is 32.3. The molecule has 0 saturated heterocycles. The predicted molar refractivity (Wildman–Crippen MR) is 62.6 cm³/mol. The third-order valence-electron chi connectivity index (χ3n) is 1.33. The first-order valence-corrected chi connectivity index (χ1v) is 7.71. The van der Waals surface area contributed by atoms with Gasteiger partial charge >= 0.3 is 20.2 Å². The molecule has 0 bridgehead atoms. The molecule has 9 heteroatoms. The van der Waals surface area contributed by atoms with Gasteiger partial charge in [-0.1, -0.05) is 0 Å². The summed E-state index contributed by atoms with van der Waals surface area (Å²) in [7, 11) is -8.85. The van der Waals surface area contributed by atoms with E-state index in [-0.39, 0.29) is 19.8 Å². The molecule has 0 atom stereocenters. The van der Waals surface area contributed by atoms with Crippen molar-refractivity contribution in [3.05, 3.63) is 4.24 Å². The van der Waals surface area contributed by atoms with Gasteiger partial charge < -0.3 is 0 Å². The Morgan fingerprint density at radius 1 is 1.00 bits per heavy atom. The van der Waals surface area contributed by atoms with Crippen LogP contribution in [0.5, 0.6) is 0 Å². The van der Waals surface area contributed by atoms with Crippen molar-refractivity contribution in [1.82, 2.24) is 0 Å². The Bertz CT molecular complexity index is 460. The largest absolute Gasteiger partial charge is 0.319 e. The van der Waals surface area contributed by atoms with Crippen molar-refractivity contribution in [2.24, 2.45) is 4.99 Å². The Balaban J connectivity index is 5.73. The molecule has 0 aliphatic heterocycles. The zero-order chi connectivity index (χ0) is 13.5. The SMILES string of the molecule is CCN=C=C(S(=O)(=O)OCC)S(=O)(=O)OCC. The van der Waals surface area contributed by atoms with Crippen molar-refractivity contribution >= 4 is 26.1 Å². The minimum Gasteiger partial charge on any atom is -0.266 e. The Morgan fingerprint density at radius 2 is 1.41 bits per heavy atom. The second kappa shape index (κ2) is 6.87. The van der Waals surface area contributed by atoms with Crippen molar-refractivity contribution < 1.29 is 25.2 Å². The second-order valence-corrected chi connectivity index (χ2v) is 5.96. The molecule has 0 spiro atoms. The summed E-state index contributed by atoms with van der Waals surface area (Å²) in [6.45, 7) is 4.24. The molecule has 0 aliphatic rings. The summed E-state index contributed by atoms with van der Waals surface area (Å²) >= 11 is 0. The lowest BCUT2D eigenvalue weighted by Gasteiger charge is -2.05. The van der Waals surface area contributed by atoms with Gasteiger partial charge in [0.05, 0.1) is 13.2 Å². The first-order chi connectivity index (χ1) is 7.81. The van der Waals surface area contributed by atoms with E-state index in [2.05, 4.69) is 13.4 Å². The summed E-state index contributed by atoms with van der Waals surface area (Å²) in [5.41, 5.74) is 0. The van der Waals surface area contributed by atoms with Crippen molar-refractivity contribution in [3.63, 3.8) is 0 Å². The molecule has 0 fully saturated rings. The predicted octanol–water partition coefficient (Wildman–Crippen LogP) is 0.250. The van der Waals surface area contributed by atoms with Crippen LogP contribution in [0.25, 0.3) is 0 Å². The molecule has 0 aromatic rings. The van der Waals surface area contributed by atoms with Crippen LogP contribution in [0, 0.1) is 0 Å². The Labute approximate surface area is 101 Å². The number of aliphatic imine (C=N–C) groups is 1. The standard InChI is InChI=1S/C8H15NO6S2/c1-4-9-7-8(16(10,11)14-5-2)17(12,13)15-6-3/h4-6H2,1-3H3. The summed E-state index contributed by atoms with van der Waals surface area (Å²) in [5, 5.41) is 0. The van der Waals surface area contributed by atoms with E-state index in [0.717, 1.165) is 0 Å². The van der Waals surface area contributed by atoms with E-state index in [1.165, 1.54) is 13.8 Å². The van der Waals surface area contributed by atoms with Crippen LogP contribution in [0.15, 0.2) is 9.23 Å². The maximum atomic E-state index is 11.5. The molecule has 0 radical (unpaired) electrons. The minimum atomic E-state index is -4.43. The van der Waals surface area contributed by atoms with Gasteiger partial charge in [0.25, 0.3) is 4.24 Å². The van der Waals surface area contributed by atoms with Crippen LogP contribution in [-0.2, 0) is 28.6 Å². The molecule has 0 aliphatic carbocycles. The summed E-state index contributed by atoms with van der Waals surface area (Å²) in [6.07, 6.45) is 0. The average Bonchev–Trinajstić information content (AvgIpc) is 2.17. The number of hydrogen-bond acceptors (Lipinski definition) is 7. The summed E-state index contributed by atoms with van der Waals surface area (Å²) in [5.74, 6) is 1.94. The van der Waals surface area contributed by atoms with Gasteiger partial charge in [0.15, 0.2) is 0 Å². The first-order valence-electron chi connectivity index (χ1n) is 4.90.